The molecule has 1 N–H and O–H groups in total. The van der Waals surface area contributed by atoms with Gasteiger partial charge in [-0.3, -0.25) is 0 Å². The minimum Gasteiger partial charge on any atom is -0.312 e. The number of hydrogen-bond acceptors (Lipinski definition) is 2. The van der Waals surface area contributed by atoms with E-state index in [0.29, 0.717) is 6.04 Å². The summed E-state index contributed by atoms with van der Waals surface area (Å²) in [5.41, 5.74) is 1.63. The Morgan fingerprint density at radius 1 is 1.31 bits per heavy atom. The van der Waals surface area contributed by atoms with E-state index >= 15 is 0 Å². The van der Waals surface area contributed by atoms with Gasteiger partial charge in [-0.05, 0) is 56.7 Å². The van der Waals surface area contributed by atoms with Gasteiger partial charge in [0, 0.05) is 15.8 Å². The van der Waals surface area contributed by atoms with Crippen LogP contribution in [0, 0.1) is 5.92 Å². The van der Waals surface area contributed by atoms with Gasteiger partial charge in [-0.25, -0.2) is 0 Å². The van der Waals surface area contributed by atoms with Crippen molar-refractivity contribution in [3.05, 3.63) is 21.4 Å². The maximum absolute atomic E-state index is 3.47. The number of fused-ring (bicyclic) bond motifs is 1. The Kier molecular flexibility index (Phi) is 4.04. The van der Waals surface area contributed by atoms with E-state index in [1.54, 1.807) is 15.3 Å². The smallest absolute Gasteiger partial charge is 0.0412 e. The lowest BCUT2D eigenvalue weighted by molar-refractivity contribution is 0.469. The molecule has 90 valence electrons. The summed E-state index contributed by atoms with van der Waals surface area (Å²) in [4.78, 5) is 3.22. The highest BCUT2D eigenvalue weighted by atomic mass is 32.1. The van der Waals surface area contributed by atoms with E-state index in [2.05, 4.69) is 32.3 Å². The van der Waals surface area contributed by atoms with Crippen molar-refractivity contribution in [3.63, 3.8) is 0 Å². The number of aryl methyl sites for hydroxylation is 2. The van der Waals surface area contributed by atoms with Crippen LogP contribution >= 0.6 is 11.3 Å². The highest BCUT2D eigenvalue weighted by Gasteiger charge is 2.19. The quantitative estimate of drug-likeness (QED) is 0.818. The van der Waals surface area contributed by atoms with Crippen molar-refractivity contribution in [2.75, 3.05) is 7.05 Å². The number of thiophene rings is 1. The zero-order valence-corrected chi connectivity index (χ0v) is 11.5. The summed E-state index contributed by atoms with van der Waals surface area (Å²) < 4.78 is 0. The van der Waals surface area contributed by atoms with Crippen LogP contribution in [0.5, 0.6) is 0 Å². The average Bonchev–Trinajstić information content (AvgIpc) is 2.78. The first kappa shape index (κ1) is 12.1. The summed E-state index contributed by atoms with van der Waals surface area (Å²) in [5, 5.41) is 3.47. The molecule has 1 atom stereocenters. The molecule has 0 bridgehead atoms. The predicted octanol–water partition coefficient (Wildman–Crippen LogP) is 3.93. The van der Waals surface area contributed by atoms with Crippen molar-refractivity contribution in [3.8, 4) is 0 Å². The summed E-state index contributed by atoms with van der Waals surface area (Å²) in [5.74, 6) is 0.808. The third-order valence-corrected chi connectivity index (χ3v) is 4.84. The Morgan fingerprint density at radius 2 is 2.12 bits per heavy atom. The fraction of sp³-hybridized carbons (Fsp3) is 0.714. The average molecular weight is 237 g/mol. The SMILES string of the molecule is CNC(CCC(C)C)c1cc2c(s1)CCC2. The molecule has 0 saturated carbocycles. The van der Waals surface area contributed by atoms with Crippen LogP contribution in [0.2, 0.25) is 0 Å². The molecule has 1 unspecified atom stereocenters. The van der Waals surface area contributed by atoms with Crippen LogP contribution in [0.4, 0.5) is 0 Å². The van der Waals surface area contributed by atoms with Crippen LogP contribution in [-0.2, 0) is 12.8 Å². The summed E-state index contributed by atoms with van der Waals surface area (Å²) in [6, 6.07) is 3.03. The molecule has 0 spiro atoms. The first-order valence-electron chi connectivity index (χ1n) is 6.49. The van der Waals surface area contributed by atoms with Crippen LogP contribution in [0.25, 0.3) is 0 Å². The normalized spacial score (nSPS) is 16.8. The van der Waals surface area contributed by atoms with Crippen LogP contribution in [-0.4, -0.2) is 7.05 Å². The van der Waals surface area contributed by atoms with Crippen LogP contribution < -0.4 is 5.32 Å². The van der Waals surface area contributed by atoms with Crippen LogP contribution in [0.3, 0.4) is 0 Å². The van der Waals surface area contributed by atoms with Gasteiger partial charge in [0.25, 0.3) is 0 Å². The van der Waals surface area contributed by atoms with E-state index in [0.717, 1.165) is 5.92 Å². The Bertz CT molecular complexity index is 319. The summed E-state index contributed by atoms with van der Waals surface area (Å²) in [6.07, 6.45) is 6.59. The van der Waals surface area contributed by atoms with Gasteiger partial charge in [-0.15, -0.1) is 11.3 Å². The fourth-order valence-corrected chi connectivity index (χ4v) is 3.85. The highest BCUT2D eigenvalue weighted by molar-refractivity contribution is 7.12. The Hall–Kier alpha value is -0.340. The first-order valence-corrected chi connectivity index (χ1v) is 7.31. The lowest BCUT2D eigenvalue weighted by Gasteiger charge is -2.15. The van der Waals surface area contributed by atoms with E-state index in [1.807, 2.05) is 11.3 Å². The monoisotopic (exact) mass is 237 g/mol. The molecule has 2 rings (SSSR count). The molecule has 0 radical (unpaired) electrons. The van der Waals surface area contributed by atoms with E-state index in [9.17, 15) is 0 Å². The third-order valence-electron chi connectivity index (χ3n) is 3.49. The maximum atomic E-state index is 3.47. The van der Waals surface area contributed by atoms with E-state index < -0.39 is 0 Å². The molecule has 1 aromatic rings. The minimum atomic E-state index is 0.581. The Morgan fingerprint density at radius 3 is 2.75 bits per heavy atom. The van der Waals surface area contributed by atoms with Gasteiger partial charge in [-0.2, -0.15) is 0 Å². The zero-order valence-electron chi connectivity index (χ0n) is 10.7. The third kappa shape index (κ3) is 2.67. The maximum Gasteiger partial charge on any atom is 0.0412 e. The van der Waals surface area contributed by atoms with Gasteiger partial charge < -0.3 is 5.32 Å². The van der Waals surface area contributed by atoms with Gasteiger partial charge in [-0.1, -0.05) is 13.8 Å². The second-order valence-electron chi connectivity index (χ2n) is 5.26. The van der Waals surface area contributed by atoms with Crippen molar-refractivity contribution in [2.45, 2.75) is 52.0 Å². The van der Waals surface area contributed by atoms with Crippen LogP contribution in [0.15, 0.2) is 6.07 Å². The topological polar surface area (TPSA) is 12.0 Å². The Labute approximate surface area is 103 Å². The van der Waals surface area contributed by atoms with Crippen molar-refractivity contribution in [1.29, 1.82) is 0 Å². The lowest BCUT2D eigenvalue weighted by Crippen LogP contribution is -2.15. The molecular weight excluding hydrogens is 214 g/mol. The number of nitrogens with one attached hydrogen (secondary N) is 1. The molecule has 1 aromatic heterocycles. The molecule has 1 nitrogen and oxygen atoms in total. The number of hydrogen-bond donors (Lipinski definition) is 1. The first-order chi connectivity index (χ1) is 7.70. The molecule has 1 aliphatic carbocycles. The van der Waals surface area contributed by atoms with Gasteiger partial charge in [0.1, 0.15) is 0 Å². The summed E-state index contributed by atoms with van der Waals surface area (Å²) >= 11 is 2.04. The minimum absolute atomic E-state index is 0.581. The van der Waals surface area contributed by atoms with Gasteiger partial charge >= 0.3 is 0 Å². The van der Waals surface area contributed by atoms with Gasteiger partial charge in [0.15, 0.2) is 0 Å². The van der Waals surface area contributed by atoms with Crippen LogP contribution in [0.1, 0.15) is 54.5 Å². The number of rotatable bonds is 5. The summed E-state index contributed by atoms with van der Waals surface area (Å²) in [7, 11) is 2.09. The molecule has 1 aliphatic rings. The lowest BCUT2D eigenvalue weighted by atomic mass is 10.0. The largest absolute Gasteiger partial charge is 0.312 e. The molecule has 1 heterocycles. The van der Waals surface area contributed by atoms with Gasteiger partial charge in [0.05, 0.1) is 0 Å². The second-order valence-corrected chi connectivity index (χ2v) is 6.43. The molecule has 0 aliphatic heterocycles. The molecule has 0 saturated heterocycles. The van der Waals surface area contributed by atoms with Crippen molar-refractivity contribution >= 4 is 11.3 Å². The van der Waals surface area contributed by atoms with Crippen molar-refractivity contribution in [2.24, 2.45) is 5.92 Å². The molecule has 16 heavy (non-hydrogen) atoms. The van der Waals surface area contributed by atoms with E-state index in [1.165, 1.54) is 32.1 Å². The molecule has 2 heteroatoms. The highest BCUT2D eigenvalue weighted by Crippen LogP contribution is 2.35. The molecular formula is C14H23NS. The van der Waals surface area contributed by atoms with Gasteiger partial charge in [0.2, 0.25) is 0 Å². The predicted molar refractivity (Wildman–Crippen MR) is 72.2 cm³/mol. The fourth-order valence-electron chi connectivity index (χ4n) is 2.45. The molecule has 0 aromatic carbocycles. The molecule has 0 fully saturated rings. The van der Waals surface area contributed by atoms with E-state index in [4.69, 9.17) is 0 Å². The van der Waals surface area contributed by atoms with Crippen molar-refractivity contribution in [1.82, 2.24) is 5.32 Å². The Balaban J connectivity index is 2.02. The standard InChI is InChI=1S/C14H23NS/c1-10(2)7-8-12(15-3)14-9-11-5-4-6-13(11)16-14/h9-10,12,15H,4-8H2,1-3H3. The van der Waals surface area contributed by atoms with E-state index in [-0.39, 0.29) is 0 Å². The zero-order chi connectivity index (χ0) is 11.5. The van der Waals surface area contributed by atoms with Crippen molar-refractivity contribution < 1.29 is 0 Å². The second kappa shape index (κ2) is 5.33. The summed E-state index contributed by atoms with van der Waals surface area (Å²) in [6.45, 7) is 4.61. The molecule has 0 amide bonds.